The van der Waals surface area contributed by atoms with E-state index in [0.29, 0.717) is 18.0 Å². The third kappa shape index (κ3) is 4.00. The Hall–Kier alpha value is -1.62. The molecule has 0 heterocycles. The molecule has 0 bridgehead atoms. The third-order valence-electron chi connectivity index (χ3n) is 2.82. The number of rotatable bonds is 6. The summed E-state index contributed by atoms with van der Waals surface area (Å²) in [7, 11) is 0. The van der Waals surface area contributed by atoms with Crippen molar-refractivity contribution in [2.24, 2.45) is 11.7 Å². The average molecular weight is 251 g/mol. The lowest BCUT2D eigenvalue weighted by atomic mass is 10.0. The second-order valence-corrected chi connectivity index (χ2v) is 4.96. The Bertz CT molecular complexity index is 419. The fraction of sp³-hybridized carbons (Fsp3) is 0.538. The number of aryl methyl sites for hydroxylation is 1. The molecule has 3 N–H and O–H groups in total. The molecule has 0 radical (unpaired) electrons. The molecule has 1 aromatic carbocycles. The van der Waals surface area contributed by atoms with Crippen LogP contribution < -0.4 is 11.1 Å². The summed E-state index contributed by atoms with van der Waals surface area (Å²) in [5.74, 6) is 0.534. The standard InChI is InChI=1S/C13H21N3O2/c1-9(2)6-12(8-14)15-11-5-4-10(3)13(7-11)16(17)18/h4-5,7,9,12,15H,6,8,14H2,1-3H3. The lowest BCUT2D eigenvalue weighted by Gasteiger charge is -2.20. The molecule has 0 spiro atoms. The number of nitro groups is 1. The van der Waals surface area contributed by atoms with Gasteiger partial charge in [-0.25, -0.2) is 0 Å². The first-order chi connectivity index (χ1) is 8.43. The number of hydrogen-bond acceptors (Lipinski definition) is 4. The molecule has 0 saturated heterocycles. The predicted octanol–water partition coefficient (Wildman–Crippen LogP) is 2.69. The minimum atomic E-state index is -0.361. The average Bonchev–Trinajstić information content (AvgIpc) is 2.29. The zero-order valence-corrected chi connectivity index (χ0v) is 11.1. The van der Waals surface area contributed by atoms with E-state index in [2.05, 4.69) is 19.2 Å². The van der Waals surface area contributed by atoms with Crippen LogP contribution in [0.1, 0.15) is 25.8 Å². The van der Waals surface area contributed by atoms with Crippen LogP contribution in [0.3, 0.4) is 0 Å². The number of nitrogens with zero attached hydrogens (tertiary/aromatic N) is 1. The molecular formula is C13H21N3O2. The minimum Gasteiger partial charge on any atom is -0.381 e. The summed E-state index contributed by atoms with van der Waals surface area (Å²) in [6.45, 7) is 6.50. The first kappa shape index (κ1) is 14.4. The monoisotopic (exact) mass is 251 g/mol. The second-order valence-electron chi connectivity index (χ2n) is 4.96. The Balaban J connectivity index is 2.83. The summed E-state index contributed by atoms with van der Waals surface area (Å²) in [6, 6.07) is 5.32. The van der Waals surface area contributed by atoms with E-state index >= 15 is 0 Å². The van der Waals surface area contributed by atoms with Crippen LogP contribution in [0.4, 0.5) is 11.4 Å². The first-order valence-electron chi connectivity index (χ1n) is 6.15. The predicted molar refractivity (Wildman–Crippen MR) is 73.8 cm³/mol. The lowest BCUT2D eigenvalue weighted by Crippen LogP contribution is -2.30. The molecular weight excluding hydrogens is 230 g/mol. The van der Waals surface area contributed by atoms with E-state index in [4.69, 9.17) is 5.73 Å². The summed E-state index contributed by atoms with van der Waals surface area (Å²) < 4.78 is 0. The van der Waals surface area contributed by atoms with Crippen molar-refractivity contribution in [3.8, 4) is 0 Å². The van der Waals surface area contributed by atoms with Gasteiger partial charge in [-0.2, -0.15) is 0 Å². The number of anilines is 1. The molecule has 1 aromatic rings. The van der Waals surface area contributed by atoms with Crippen LogP contribution in [0.5, 0.6) is 0 Å². The van der Waals surface area contributed by atoms with E-state index in [1.165, 1.54) is 0 Å². The van der Waals surface area contributed by atoms with Crippen molar-refractivity contribution in [3.05, 3.63) is 33.9 Å². The molecule has 1 rings (SSSR count). The summed E-state index contributed by atoms with van der Waals surface area (Å²) in [5.41, 5.74) is 7.26. The van der Waals surface area contributed by atoms with Crippen molar-refractivity contribution in [1.82, 2.24) is 0 Å². The number of hydrogen-bond donors (Lipinski definition) is 2. The van der Waals surface area contributed by atoms with Crippen LogP contribution in [0.25, 0.3) is 0 Å². The Labute approximate surface area is 108 Å². The fourth-order valence-electron chi connectivity index (χ4n) is 1.91. The molecule has 0 aliphatic rings. The number of benzene rings is 1. The molecule has 0 amide bonds. The summed E-state index contributed by atoms with van der Waals surface area (Å²) in [5, 5.41) is 14.1. The summed E-state index contributed by atoms with van der Waals surface area (Å²) >= 11 is 0. The smallest absolute Gasteiger partial charge is 0.274 e. The van der Waals surface area contributed by atoms with Crippen molar-refractivity contribution in [3.63, 3.8) is 0 Å². The van der Waals surface area contributed by atoms with Crippen LogP contribution in [-0.2, 0) is 0 Å². The molecule has 1 unspecified atom stereocenters. The SMILES string of the molecule is Cc1ccc(NC(CN)CC(C)C)cc1[N+](=O)[O-]. The van der Waals surface area contributed by atoms with Crippen LogP contribution in [0, 0.1) is 23.0 Å². The Morgan fingerprint density at radius 2 is 2.11 bits per heavy atom. The van der Waals surface area contributed by atoms with Gasteiger partial charge in [-0.05, 0) is 25.3 Å². The second kappa shape index (κ2) is 6.35. The van der Waals surface area contributed by atoms with Gasteiger partial charge >= 0.3 is 0 Å². The van der Waals surface area contributed by atoms with E-state index in [0.717, 1.165) is 12.1 Å². The van der Waals surface area contributed by atoms with Gasteiger partial charge in [0.15, 0.2) is 0 Å². The Morgan fingerprint density at radius 3 is 2.61 bits per heavy atom. The van der Waals surface area contributed by atoms with Gasteiger partial charge in [-0.15, -0.1) is 0 Å². The highest BCUT2D eigenvalue weighted by Gasteiger charge is 2.13. The first-order valence-corrected chi connectivity index (χ1v) is 6.15. The van der Waals surface area contributed by atoms with Gasteiger partial charge in [-0.3, -0.25) is 10.1 Å². The van der Waals surface area contributed by atoms with Crippen molar-refractivity contribution in [2.45, 2.75) is 33.2 Å². The molecule has 0 fully saturated rings. The van der Waals surface area contributed by atoms with Gasteiger partial charge < -0.3 is 11.1 Å². The zero-order chi connectivity index (χ0) is 13.7. The van der Waals surface area contributed by atoms with Crippen molar-refractivity contribution < 1.29 is 4.92 Å². The van der Waals surface area contributed by atoms with E-state index in [9.17, 15) is 10.1 Å². The molecule has 5 nitrogen and oxygen atoms in total. The molecule has 0 aromatic heterocycles. The molecule has 0 aliphatic carbocycles. The highest BCUT2D eigenvalue weighted by molar-refractivity contribution is 5.55. The van der Waals surface area contributed by atoms with Crippen LogP contribution in [0.2, 0.25) is 0 Å². The highest BCUT2D eigenvalue weighted by atomic mass is 16.6. The Morgan fingerprint density at radius 1 is 1.44 bits per heavy atom. The fourth-order valence-corrected chi connectivity index (χ4v) is 1.91. The minimum absolute atomic E-state index is 0.139. The molecule has 5 heteroatoms. The van der Waals surface area contributed by atoms with Crippen LogP contribution in [-0.4, -0.2) is 17.5 Å². The van der Waals surface area contributed by atoms with Gasteiger partial charge in [0.05, 0.1) is 4.92 Å². The maximum absolute atomic E-state index is 10.9. The molecule has 0 aliphatic heterocycles. The summed E-state index contributed by atoms with van der Waals surface area (Å²) in [6.07, 6.45) is 0.943. The number of nitro benzene ring substituents is 1. The summed E-state index contributed by atoms with van der Waals surface area (Å²) in [4.78, 5) is 10.5. The molecule has 100 valence electrons. The normalized spacial score (nSPS) is 12.5. The maximum Gasteiger partial charge on any atom is 0.274 e. The van der Waals surface area contributed by atoms with E-state index < -0.39 is 0 Å². The van der Waals surface area contributed by atoms with Gasteiger partial charge in [0.2, 0.25) is 0 Å². The molecule has 1 atom stereocenters. The number of nitrogens with two attached hydrogens (primary N) is 1. The van der Waals surface area contributed by atoms with E-state index in [-0.39, 0.29) is 16.7 Å². The zero-order valence-electron chi connectivity index (χ0n) is 11.1. The lowest BCUT2D eigenvalue weighted by molar-refractivity contribution is -0.385. The quantitative estimate of drug-likeness (QED) is 0.601. The van der Waals surface area contributed by atoms with Crippen molar-refractivity contribution >= 4 is 11.4 Å². The largest absolute Gasteiger partial charge is 0.381 e. The van der Waals surface area contributed by atoms with Crippen LogP contribution >= 0.6 is 0 Å². The maximum atomic E-state index is 10.9. The van der Waals surface area contributed by atoms with Crippen molar-refractivity contribution in [1.29, 1.82) is 0 Å². The van der Waals surface area contributed by atoms with E-state index in [1.807, 2.05) is 6.07 Å². The van der Waals surface area contributed by atoms with Gasteiger partial charge in [0, 0.05) is 29.9 Å². The van der Waals surface area contributed by atoms with Gasteiger partial charge in [0.1, 0.15) is 0 Å². The Kier molecular flexibility index (Phi) is 5.09. The van der Waals surface area contributed by atoms with Crippen molar-refractivity contribution in [2.75, 3.05) is 11.9 Å². The molecule has 0 saturated carbocycles. The third-order valence-corrected chi connectivity index (χ3v) is 2.82. The topological polar surface area (TPSA) is 81.2 Å². The van der Waals surface area contributed by atoms with Gasteiger partial charge in [-0.1, -0.05) is 19.9 Å². The molecule has 18 heavy (non-hydrogen) atoms. The van der Waals surface area contributed by atoms with Gasteiger partial charge in [0.25, 0.3) is 5.69 Å². The van der Waals surface area contributed by atoms with E-state index in [1.54, 1.807) is 19.1 Å². The number of nitrogens with one attached hydrogen (secondary N) is 1. The van der Waals surface area contributed by atoms with Crippen LogP contribution in [0.15, 0.2) is 18.2 Å². The highest BCUT2D eigenvalue weighted by Crippen LogP contribution is 2.23.